The topological polar surface area (TPSA) is 84.9 Å². The van der Waals surface area contributed by atoms with Crippen LogP contribution in [0.1, 0.15) is 24.5 Å². The number of nitrogens with one attached hydrogen (secondary N) is 1. The van der Waals surface area contributed by atoms with Crippen LogP contribution >= 0.6 is 15.9 Å². The lowest BCUT2D eigenvalue weighted by Gasteiger charge is -2.26. The zero-order valence-corrected chi connectivity index (χ0v) is 20.9. The maximum atomic E-state index is 14.0. The summed E-state index contributed by atoms with van der Waals surface area (Å²) < 4.78 is 26.0. The molecule has 0 unspecified atom stereocenters. The Morgan fingerprint density at radius 3 is 2.47 bits per heavy atom. The van der Waals surface area contributed by atoms with Gasteiger partial charge in [-0.05, 0) is 61.0 Å². The highest BCUT2D eigenvalue weighted by Gasteiger charge is 2.37. The van der Waals surface area contributed by atoms with Gasteiger partial charge in [-0.1, -0.05) is 41.1 Å². The summed E-state index contributed by atoms with van der Waals surface area (Å²) in [6.07, 6.45) is 2.18. The second-order valence-electron chi connectivity index (χ2n) is 7.86. The first kappa shape index (κ1) is 25.1. The van der Waals surface area contributed by atoms with Gasteiger partial charge in [-0.3, -0.25) is 14.9 Å². The second kappa shape index (κ2) is 11.2. The van der Waals surface area contributed by atoms with Crippen molar-refractivity contribution in [2.24, 2.45) is 0 Å². The lowest BCUT2D eigenvalue weighted by molar-refractivity contribution is -0.122. The van der Waals surface area contributed by atoms with Gasteiger partial charge in [0.05, 0.1) is 12.3 Å². The van der Waals surface area contributed by atoms with Crippen molar-refractivity contribution in [2.75, 3.05) is 11.5 Å². The molecule has 0 bridgehead atoms. The fourth-order valence-corrected chi connectivity index (χ4v) is 3.87. The monoisotopic (exact) mass is 552 g/mol. The van der Waals surface area contributed by atoms with Crippen LogP contribution in [0.5, 0.6) is 11.5 Å². The summed E-state index contributed by atoms with van der Waals surface area (Å²) in [5.41, 5.74) is 0.783. The van der Waals surface area contributed by atoms with Crippen LogP contribution in [0.15, 0.2) is 76.8 Å². The number of carbonyl (C=O) groups excluding carboxylic acids is 3. The molecule has 0 atom stereocenters. The summed E-state index contributed by atoms with van der Waals surface area (Å²) in [5, 5.41) is 2.20. The predicted octanol–water partition coefficient (Wildman–Crippen LogP) is 5.62. The molecule has 7 nitrogen and oxygen atoms in total. The Morgan fingerprint density at radius 1 is 1.00 bits per heavy atom. The average molecular weight is 553 g/mol. The minimum absolute atomic E-state index is 0.0539. The lowest BCUT2D eigenvalue weighted by atomic mass is 10.1. The highest BCUT2D eigenvalue weighted by atomic mass is 79.9. The third kappa shape index (κ3) is 5.63. The van der Waals surface area contributed by atoms with Gasteiger partial charge >= 0.3 is 6.03 Å². The number of nitrogens with zero attached hydrogens (tertiary/aromatic N) is 1. The highest BCUT2D eigenvalue weighted by molar-refractivity contribution is 9.10. The van der Waals surface area contributed by atoms with Crippen LogP contribution in [0.3, 0.4) is 0 Å². The molecule has 1 fully saturated rings. The minimum atomic E-state index is -0.852. The maximum absolute atomic E-state index is 14.0. The Balaban J connectivity index is 1.63. The molecule has 1 aliphatic heterocycles. The zero-order valence-electron chi connectivity index (χ0n) is 19.3. The molecule has 0 radical (unpaired) electrons. The summed E-state index contributed by atoms with van der Waals surface area (Å²) in [6.45, 7) is 2.47. The SMILES string of the molecule is CCCOc1ccc(N2C(=O)NC(=O)/C(=C/c3cc(Br)ccc3OCc3ccccc3F)C2=O)cc1. The van der Waals surface area contributed by atoms with Crippen molar-refractivity contribution in [3.8, 4) is 11.5 Å². The van der Waals surface area contributed by atoms with E-state index in [2.05, 4.69) is 21.2 Å². The summed E-state index contributed by atoms with van der Waals surface area (Å²) in [7, 11) is 0. The van der Waals surface area contributed by atoms with Gasteiger partial charge in [0.2, 0.25) is 0 Å². The van der Waals surface area contributed by atoms with E-state index in [1.165, 1.54) is 12.1 Å². The smallest absolute Gasteiger partial charge is 0.335 e. The molecular weight excluding hydrogens is 531 g/mol. The normalized spacial score (nSPS) is 14.7. The number of anilines is 1. The van der Waals surface area contributed by atoms with Crippen LogP contribution < -0.4 is 19.7 Å². The molecule has 0 spiro atoms. The molecule has 0 aromatic heterocycles. The van der Waals surface area contributed by atoms with Crippen LogP contribution in [0.25, 0.3) is 6.08 Å². The Morgan fingerprint density at radius 2 is 1.75 bits per heavy atom. The molecule has 4 rings (SSSR count). The molecule has 1 aliphatic rings. The number of ether oxygens (including phenoxy) is 2. The van der Waals surface area contributed by atoms with Gasteiger partial charge in [0.25, 0.3) is 11.8 Å². The molecule has 1 saturated heterocycles. The minimum Gasteiger partial charge on any atom is -0.494 e. The summed E-state index contributed by atoms with van der Waals surface area (Å²) in [4.78, 5) is 39.3. The molecule has 36 heavy (non-hydrogen) atoms. The molecule has 184 valence electrons. The molecule has 0 aliphatic carbocycles. The predicted molar refractivity (Wildman–Crippen MR) is 136 cm³/mol. The fourth-order valence-electron chi connectivity index (χ4n) is 3.49. The Hall–Kier alpha value is -3.98. The number of halogens is 2. The van der Waals surface area contributed by atoms with Gasteiger partial charge in [0.15, 0.2) is 0 Å². The van der Waals surface area contributed by atoms with E-state index in [9.17, 15) is 18.8 Å². The first-order valence-corrected chi connectivity index (χ1v) is 12.0. The molecule has 3 aromatic rings. The third-order valence-electron chi connectivity index (χ3n) is 5.28. The van der Waals surface area contributed by atoms with Gasteiger partial charge in [-0.25, -0.2) is 14.1 Å². The largest absolute Gasteiger partial charge is 0.494 e. The third-order valence-corrected chi connectivity index (χ3v) is 5.78. The number of carbonyl (C=O) groups is 3. The molecular formula is C27H22BrFN2O5. The van der Waals surface area contributed by atoms with E-state index in [4.69, 9.17) is 9.47 Å². The Kier molecular flexibility index (Phi) is 7.80. The van der Waals surface area contributed by atoms with Gasteiger partial charge in [-0.15, -0.1) is 0 Å². The number of benzene rings is 3. The van der Waals surface area contributed by atoms with Gasteiger partial charge in [0.1, 0.15) is 29.5 Å². The van der Waals surface area contributed by atoms with Gasteiger partial charge in [-0.2, -0.15) is 0 Å². The molecule has 1 N–H and O–H groups in total. The van der Waals surface area contributed by atoms with Gasteiger partial charge < -0.3 is 9.47 Å². The molecule has 9 heteroatoms. The number of rotatable bonds is 8. The first-order chi connectivity index (χ1) is 17.4. The maximum Gasteiger partial charge on any atom is 0.335 e. The zero-order chi connectivity index (χ0) is 25.7. The van der Waals surface area contributed by atoms with Crippen molar-refractivity contribution in [1.82, 2.24) is 5.32 Å². The van der Waals surface area contributed by atoms with E-state index >= 15 is 0 Å². The van der Waals surface area contributed by atoms with Crippen LogP contribution in [-0.4, -0.2) is 24.5 Å². The Bertz CT molecular complexity index is 1340. The molecule has 3 aromatic carbocycles. The average Bonchev–Trinajstić information content (AvgIpc) is 2.86. The molecule has 1 heterocycles. The van der Waals surface area contributed by atoms with E-state index in [1.54, 1.807) is 60.7 Å². The lowest BCUT2D eigenvalue weighted by Crippen LogP contribution is -2.54. The van der Waals surface area contributed by atoms with Crippen molar-refractivity contribution in [3.05, 3.63) is 93.7 Å². The van der Waals surface area contributed by atoms with Crippen molar-refractivity contribution >= 4 is 45.5 Å². The van der Waals surface area contributed by atoms with Crippen molar-refractivity contribution in [1.29, 1.82) is 0 Å². The summed E-state index contributed by atoms with van der Waals surface area (Å²) in [6, 6.07) is 16.8. The Labute approximate surface area is 215 Å². The number of imide groups is 2. The quantitative estimate of drug-likeness (QED) is 0.289. The van der Waals surface area contributed by atoms with E-state index in [0.717, 1.165) is 11.3 Å². The standard InChI is InChI=1S/C27H22BrFN2O5/c1-2-13-35-21-10-8-20(9-11-21)31-26(33)22(25(32)30-27(31)34)15-18-14-19(28)7-12-24(18)36-16-17-5-3-4-6-23(17)29/h3-12,14-15H,2,13,16H2,1H3,(H,30,32,34)/b22-15-. The number of barbiturate groups is 1. The number of amides is 4. The van der Waals surface area contributed by atoms with Crippen LogP contribution in [-0.2, 0) is 16.2 Å². The highest BCUT2D eigenvalue weighted by Crippen LogP contribution is 2.29. The van der Waals surface area contributed by atoms with E-state index in [0.29, 0.717) is 33.7 Å². The van der Waals surface area contributed by atoms with E-state index in [1.807, 2.05) is 6.92 Å². The van der Waals surface area contributed by atoms with Crippen molar-refractivity contribution in [3.63, 3.8) is 0 Å². The van der Waals surface area contributed by atoms with Crippen molar-refractivity contribution in [2.45, 2.75) is 20.0 Å². The number of hydrogen-bond donors (Lipinski definition) is 1. The molecule has 4 amide bonds. The van der Waals surface area contributed by atoms with Crippen LogP contribution in [0.4, 0.5) is 14.9 Å². The first-order valence-electron chi connectivity index (χ1n) is 11.2. The van der Waals surface area contributed by atoms with Crippen LogP contribution in [0.2, 0.25) is 0 Å². The van der Waals surface area contributed by atoms with E-state index < -0.39 is 23.7 Å². The summed E-state index contributed by atoms with van der Waals surface area (Å²) in [5.74, 6) is -1.09. The van der Waals surface area contributed by atoms with Crippen LogP contribution in [0, 0.1) is 5.82 Å². The van der Waals surface area contributed by atoms with Gasteiger partial charge in [0, 0.05) is 15.6 Å². The van der Waals surface area contributed by atoms with Crippen molar-refractivity contribution < 1.29 is 28.2 Å². The number of urea groups is 1. The summed E-state index contributed by atoms with van der Waals surface area (Å²) >= 11 is 3.38. The number of hydrogen-bond acceptors (Lipinski definition) is 5. The van der Waals surface area contributed by atoms with E-state index in [-0.39, 0.29) is 17.9 Å². The fraction of sp³-hybridized carbons (Fsp3) is 0.148. The second-order valence-corrected chi connectivity index (χ2v) is 8.78. The molecule has 0 saturated carbocycles.